The first-order valence-corrected chi connectivity index (χ1v) is 11.1. The summed E-state index contributed by atoms with van der Waals surface area (Å²) in [7, 11) is 3.27. The molecule has 1 aromatic rings. The van der Waals surface area contributed by atoms with Crippen molar-refractivity contribution < 1.29 is 19.1 Å². The van der Waals surface area contributed by atoms with E-state index in [1.54, 1.807) is 14.2 Å². The molecular formula is C23H35N3O4. The van der Waals surface area contributed by atoms with Gasteiger partial charge in [0.25, 0.3) is 0 Å². The molecule has 0 aromatic heterocycles. The van der Waals surface area contributed by atoms with E-state index in [4.69, 9.17) is 9.47 Å². The standard InChI is InChI=1S/C23H35N3O4/c1-29-20-8-9-21(30-2)19(17-20)7-10-22(27)26-15-13-24(14-16-26)18-23(28)25-11-5-3-4-6-12-25/h8-9,17H,3-7,10-16,18H2,1-2H3. The van der Waals surface area contributed by atoms with E-state index in [1.165, 1.54) is 12.8 Å². The van der Waals surface area contributed by atoms with Crippen LogP contribution in [-0.4, -0.2) is 86.5 Å². The van der Waals surface area contributed by atoms with Gasteiger partial charge in [-0.2, -0.15) is 0 Å². The van der Waals surface area contributed by atoms with E-state index in [2.05, 4.69) is 4.90 Å². The molecule has 2 amide bonds. The summed E-state index contributed by atoms with van der Waals surface area (Å²) in [5, 5.41) is 0. The van der Waals surface area contributed by atoms with Crippen LogP contribution in [0.1, 0.15) is 37.7 Å². The van der Waals surface area contributed by atoms with Gasteiger partial charge >= 0.3 is 0 Å². The summed E-state index contributed by atoms with van der Waals surface area (Å²) >= 11 is 0. The average Bonchev–Trinajstić information content (AvgIpc) is 3.07. The fraction of sp³-hybridized carbons (Fsp3) is 0.652. The second kappa shape index (κ2) is 11.2. The Bertz CT molecular complexity index is 708. The van der Waals surface area contributed by atoms with Crippen molar-refractivity contribution >= 4 is 11.8 Å². The highest BCUT2D eigenvalue weighted by Gasteiger charge is 2.24. The molecule has 0 spiro atoms. The van der Waals surface area contributed by atoms with E-state index in [0.717, 1.165) is 56.1 Å². The van der Waals surface area contributed by atoms with Gasteiger partial charge in [0.2, 0.25) is 11.8 Å². The van der Waals surface area contributed by atoms with Gasteiger partial charge < -0.3 is 19.3 Å². The lowest BCUT2D eigenvalue weighted by molar-refractivity contribution is -0.135. The molecular weight excluding hydrogens is 382 g/mol. The molecule has 0 bridgehead atoms. The van der Waals surface area contributed by atoms with Crippen molar-refractivity contribution in [2.24, 2.45) is 0 Å². The molecule has 1 aromatic carbocycles. The van der Waals surface area contributed by atoms with Crippen LogP contribution >= 0.6 is 0 Å². The Morgan fingerprint density at radius 2 is 1.50 bits per heavy atom. The number of amides is 2. The highest BCUT2D eigenvalue weighted by Crippen LogP contribution is 2.25. The van der Waals surface area contributed by atoms with Crippen LogP contribution in [0.5, 0.6) is 11.5 Å². The van der Waals surface area contributed by atoms with Gasteiger partial charge in [0.1, 0.15) is 11.5 Å². The number of likely N-dealkylation sites (tertiary alicyclic amines) is 1. The number of benzene rings is 1. The van der Waals surface area contributed by atoms with Gasteiger partial charge in [-0.1, -0.05) is 12.8 Å². The van der Waals surface area contributed by atoms with Gasteiger partial charge in [0.05, 0.1) is 20.8 Å². The molecule has 0 saturated carbocycles. The van der Waals surface area contributed by atoms with E-state index in [1.807, 2.05) is 28.0 Å². The molecule has 2 fully saturated rings. The predicted molar refractivity (Wildman–Crippen MR) is 116 cm³/mol. The number of piperazine rings is 1. The topological polar surface area (TPSA) is 62.3 Å². The first kappa shape index (κ1) is 22.4. The summed E-state index contributed by atoms with van der Waals surface area (Å²) in [5.74, 6) is 1.93. The minimum Gasteiger partial charge on any atom is -0.497 e. The summed E-state index contributed by atoms with van der Waals surface area (Å²) < 4.78 is 10.7. The molecule has 0 atom stereocenters. The Morgan fingerprint density at radius 3 is 2.13 bits per heavy atom. The highest BCUT2D eigenvalue weighted by molar-refractivity contribution is 5.78. The quantitative estimate of drug-likeness (QED) is 0.681. The zero-order valence-electron chi connectivity index (χ0n) is 18.4. The molecule has 166 valence electrons. The number of nitrogens with zero attached hydrogens (tertiary/aromatic N) is 3. The summed E-state index contributed by atoms with van der Waals surface area (Å²) in [6.45, 7) is 5.14. The Morgan fingerprint density at radius 1 is 0.833 bits per heavy atom. The number of methoxy groups -OCH3 is 2. The number of carbonyl (C=O) groups excluding carboxylic acids is 2. The fourth-order valence-corrected chi connectivity index (χ4v) is 4.24. The van der Waals surface area contributed by atoms with Gasteiger partial charge in [-0.05, 0) is 43.0 Å². The van der Waals surface area contributed by atoms with Crippen LogP contribution in [0.3, 0.4) is 0 Å². The maximum absolute atomic E-state index is 12.7. The number of carbonyl (C=O) groups is 2. The maximum atomic E-state index is 12.7. The second-order valence-corrected chi connectivity index (χ2v) is 8.13. The zero-order chi connectivity index (χ0) is 21.3. The number of ether oxygens (including phenoxy) is 2. The van der Waals surface area contributed by atoms with Crippen LogP contribution in [0, 0.1) is 0 Å². The van der Waals surface area contributed by atoms with E-state index in [-0.39, 0.29) is 11.8 Å². The minimum atomic E-state index is 0.151. The van der Waals surface area contributed by atoms with Crippen LogP contribution in [0.4, 0.5) is 0 Å². The van der Waals surface area contributed by atoms with Crippen molar-refractivity contribution in [1.82, 2.24) is 14.7 Å². The summed E-state index contributed by atoms with van der Waals surface area (Å²) in [6.07, 6.45) is 5.75. The SMILES string of the molecule is COc1ccc(OC)c(CCC(=O)N2CCN(CC(=O)N3CCCCCC3)CC2)c1. The molecule has 0 unspecified atom stereocenters. The summed E-state index contributed by atoms with van der Waals surface area (Å²) in [6, 6.07) is 5.66. The molecule has 0 N–H and O–H groups in total. The van der Waals surface area contributed by atoms with Gasteiger partial charge in [-0.25, -0.2) is 0 Å². The van der Waals surface area contributed by atoms with E-state index < -0.39 is 0 Å². The Kier molecular flexibility index (Phi) is 8.37. The number of hydrogen-bond acceptors (Lipinski definition) is 5. The minimum absolute atomic E-state index is 0.151. The third-order valence-corrected chi connectivity index (χ3v) is 6.14. The molecule has 2 saturated heterocycles. The lowest BCUT2D eigenvalue weighted by atomic mass is 10.1. The Hall–Kier alpha value is -2.28. The Balaban J connectivity index is 1.43. The predicted octanol–water partition coefficient (Wildman–Crippen LogP) is 2.18. The van der Waals surface area contributed by atoms with Crippen LogP contribution in [0.25, 0.3) is 0 Å². The number of hydrogen-bond donors (Lipinski definition) is 0. The Labute approximate surface area is 179 Å². The third-order valence-electron chi connectivity index (χ3n) is 6.14. The first-order chi connectivity index (χ1) is 14.6. The average molecular weight is 418 g/mol. The molecule has 30 heavy (non-hydrogen) atoms. The van der Waals surface area contributed by atoms with Gasteiger partial charge in [-0.3, -0.25) is 14.5 Å². The maximum Gasteiger partial charge on any atom is 0.236 e. The molecule has 2 heterocycles. The smallest absolute Gasteiger partial charge is 0.236 e. The molecule has 0 aliphatic carbocycles. The van der Waals surface area contributed by atoms with Gasteiger partial charge in [-0.15, -0.1) is 0 Å². The van der Waals surface area contributed by atoms with E-state index in [0.29, 0.717) is 32.5 Å². The summed E-state index contributed by atoms with van der Waals surface area (Å²) in [4.78, 5) is 31.4. The number of rotatable bonds is 7. The van der Waals surface area contributed by atoms with Crippen molar-refractivity contribution in [3.8, 4) is 11.5 Å². The fourth-order valence-electron chi connectivity index (χ4n) is 4.24. The normalized spacial score (nSPS) is 18.1. The van der Waals surface area contributed by atoms with E-state index in [9.17, 15) is 9.59 Å². The molecule has 7 heteroatoms. The number of aryl methyl sites for hydroxylation is 1. The molecule has 7 nitrogen and oxygen atoms in total. The summed E-state index contributed by atoms with van der Waals surface area (Å²) in [5.41, 5.74) is 0.979. The molecule has 0 radical (unpaired) electrons. The highest BCUT2D eigenvalue weighted by atomic mass is 16.5. The van der Waals surface area contributed by atoms with Crippen LogP contribution in [0.15, 0.2) is 18.2 Å². The first-order valence-electron chi connectivity index (χ1n) is 11.1. The van der Waals surface area contributed by atoms with Crippen molar-refractivity contribution in [3.05, 3.63) is 23.8 Å². The lowest BCUT2D eigenvalue weighted by Gasteiger charge is -2.35. The zero-order valence-corrected chi connectivity index (χ0v) is 18.4. The lowest BCUT2D eigenvalue weighted by Crippen LogP contribution is -2.51. The van der Waals surface area contributed by atoms with Crippen LogP contribution in [0.2, 0.25) is 0 Å². The largest absolute Gasteiger partial charge is 0.497 e. The van der Waals surface area contributed by atoms with Crippen molar-refractivity contribution in [3.63, 3.8) is 0 Å². The molecule has 3 rings (SSSR count). The molecule has 2 aliphatic rings. The second-order valence-electron chi connectivity index (χ2n) is 8.13. The van der Waals surface area contributed by atoms with Gasteiger partial charge in [0, 0.05) is 45.7 Å². The van der Waals surface area contributed by atoms with E-state index >= 15 is 0 Å². The van der Waals surface area contributed by atoms with Crippen LogP contribution in [-0.2, 0) is 16.0 Å². The third kappa shape index (κ3) is 6.11. The molecule has 2 aliphatic heterocycles. The van der Waals surface area contributed by atoms with Gasteiger partial charge in [0.15, 0.2) is 0 Å². The monoisotopic (exact) mass is 417 g/mol. The van der Waals surface area contributed by atoms with Crippen LogP contribution < -0.4 is 9.47 Å². The van der Waals surface area contributed by atoms with Crippen molar-refractivity contribution in [1.29, 1.82) is 0 Å². The van der Waals surface area contributed by atoms with Crippen molar-refractivity contribution in [2.45, 2.75) is 38.5 Å². The van der Waals surface area contributed by atoms with Crippen molar-refractivity contribution in [2.75, 3.05) is 60.0 Å².